The molecular formula is C20H23ClN4O. The Morgan fingerprint density at radius 3 is 2.85 bits per heavy atom. The van der Waals surface area contributed by atoms with Crippen molar-refractivity contribution in [2.24, 2.45) is 5.73 Å². The van der Waals surface area contributed by atoms with Crippen molar-refractivity contribution in [3.05, 3.63) is 58.6 Å². The van der Waals surface area contributed by atoms with Gasteiger partial charge in [-0.2, -0.15) is 0 Å². The number of hydrogen-bond donors (Lipinski definition) is 1. The number of fused-ring (bicyclic) bond motifs is 1. The van der Waals surface area contributed by atoms with Crippen LogP contribution in [0.2, 0.25) is 5.02 Å². The number of halogens is 1. The highest BCUT2D eigenvalue weighted by atomic mass is 35.5. The molecule has 1 saturated carbocycles. The molecule has 1 fully saturated rings. The zero-order valence-electron chi connectivity index (χ0n) is 14.7. The molecule has 1 aliphatic heterocycles. The number of benzene rings is 1. The summed E-state index contributed by atoms with van der Waals surface area (Å²) in [5.74, 6) is 0.0432. The number of carbonyl (C=O) groups is 1. The van der Waals surface area contributed by atoms with E-state index >= 15 is 0 Å². The highest BCUT2D eigenvalue weighted by molar-refractivity contribution is 6.30. The highest BCUT2D eigenvalue weighted by Gasteiger charge is 2.40. The van der Waals surface area contributed by atoms with E-state index < -0.39 is 0 Å². The van der Waals surface area contributed by atoms with Gasteiger partial charge >= 0.3 is 0 Å². The van der Waals surface area contributed by atoms with Crippen LogP contribution >= 0.6 is 11.6 Å². The second kappa shape index (κ2) is 6.97. The van der Waals surface area contributed by atoms with E-state index in [1.54, 1.807) is 6.20 Å². The molecule has 1 aromatic carbocycles. The standard InChI is InChI=1S/C20H23ClN4O/c21-16-3-1-2-15(10-16)20(12-22)7-4-17(5-8-20)25-9-6-14-11-23-13-24-18(14)19(25)26/h1-3,10-11,13,17H,4-9,12,22H2/t17-,20-. The fourth-order valence-electron chi connectivity index (χ4n) is 4.46. The summed E-state index contributed by atoms with van der Waals surface area (Å²) in [6.45, 7) is 1.35. The first-order chi connectivity index (χ1) is 12.6. The molecule has 2 heterocycles. The topological polar surface area (TPSA) is 72.1 Å². The molecule has 5 nitrogen and oxygen atoms in total. The van der Waals surface area contributed by atoms with Crippen LogP contribution in [0.5, 0.6) is 0 Å². The van der Waals surface area contributed by atoms with Crippen molar-refractivity contribution in [3.8, 4) is 0 Å². The van der Waals surface area contributed by atoms with Gasteiger partial charge in [0.05, 0.1) is 0 Å². The molecule has 0 spiro atoms. The summed E-state index contributed by atoms with van der Waals surface area (Å²) in [4.78, 5) is 23.1. The molecule has 2 aliphatic rings. The quantitative estimate of drug-likeness (QED) is 0.901. The van der Waals surface area contributed by atoms with E-state index in [9.17, 15) is 4.79 Å². The first-order valence-electron chi connectivity index (χ1n) is 9.19. The Morgan fingerprint density at radius 2 is 2.12 bits per heavy atom. The summed E-state index contributed by atoms with van der Waals surface area (Å²) in [5, 5.41) is 0.750. The maximum Gasteiger partial charge on any atom is 0.273 e. The van der Waals surface area contributed by atoms with Crippen LogP contribution in [0, 0.1) is 0 Å². The van der Waals surface area contributed by atoms with Gasteiger partial charge in [0, 0.05) is 41.3 Å². The lowest BCUT2D eigenvalue weighted by Crippen LogP contribution is -2.50. The average Bonchev–Trinajstić information content (AvgIpc) is 2.69. The van der Waals surface area contributed by atoms with Crippen molar-refractivity contribution in [3.63, 3.8) is 0 Å². The predicted molar refractivity (Wildman–Crippen MR) is 101 cm³/mol. The smallest absolute Gasteiger partial charge is 0.273 e. The zero-order valence-corrected chi connectivity index (χ0v) is 15.5. The number of aromatic nitrogens is 2. The molecule has 0 unspecified atom stereocenters. The first kappa shape index (κ1) is 17.4. The molecule has 26 heavy (non-hydrogen) atoms. The number of nitrogens with zero attached hydrogens (tertiary/aromatic N) is 3. The summed E-state index contributed by atoms with van der Waals surface area (Å²) in [5.41, 5.74) is 8.89. The van der Waals surface area contributed by atoms with E-state index in [2.05, 4.69) is 16.0 Å². The van der Waals surface area contributed by atoms with Crippen molar-refractivity contribution in [1.82, 2.24) is 14.9 Å². The zero-order chi connectivity index (χ0) is 18.1. The number of nitrogens with two attached hydrogens (primary N) is 1. The van der Waals surface area contributed by atoms with Gasteiger partial charge in [-0.1, -0.05) is 23.7 Å². The number of amides is 1. The van der Waals surface area contributed by atoms with E-state index in [1.165, 1.54) is 11.9 Å². The minimum absolute atomic E-state index is 0.0414. The molecule has 4 rings (SSSR count). The second-order valence-electron chi connectivity index (χ2n) is 7.37. The fraction of sp³-hybridized carbons (Fsp3) is 0.450. The Balaban J connectivity index is 1.51. The van der Waals surface area contributed by atoms with Gasteiger partial charge in [0.2, 0.25) is 0 Å². The lowest BCUT2D eigenvalue weighted by atomic mass is 9.68. The Hall–Kier alpha value is -1.98. The molecule has 2 N–H and O–H groups in total. The van der Waals surface area contributed by atoms with Crippen molar-refractivity contribution in [2.45, 2.75) is 43.6 Å². The lowest BCUT2D eigenvalue weighted by molar-refractivity contribution is 0.0567. The van der Waals surface area contributed by atoms with E-state index in [0.717, 1.165) is 49.2 Å². The molecule has 136 valence electrons. The van der Waals surface area contributed by atoms with Crippen LogP contribution in [0.3, 0.4) is 0 Å². The third-order valence-electron chi connectivity index (χ3n) is 6.05. The Morgan fingerprint density at radius 1 is 1.31 bits per heavy atom. The molecule has 1 aromatic heterocycles. The van der Waals surface area contributed by atoms with Crippen LogP contribution in [-0.2, 0) is 11.8 Å². The van der Waals surface area contributed by atoms with E-state index in [1.807, 2.05) is 23.1 Å². The van der Waals surface area contributed by atoms with E-state index in [0.29, 0.717) is 12.2 Å². The molecule has 1 aliphatic carbocycles. The Labute approximate surface area is 158 Å². The summed E-state index contributed by atoms with van der Waals surface area (Å²) in [7, 11) is 0. The fourth-order valence-corrected chi connectivity index (χ4v) is 4.65. The third kappa shape index (κ3) is 2.99. The summed E-state index contributed by atoms with van der Waals surface area (Å²) in [6, 6.07) is 8.30. The molecule has 0 bridgehead atoms. The van der Waals surface area contributed by atoms with Gasteiger partial charge < -0.3 is 10.6 Å². The molecule has 0 saturated heterocycles. The van der Waals surface area contributed by atoms with Gasteiger partial charge in [0.25, 0.3) is 5.91 Å². The van der Waals surface area contributed by atoms with Gasteiger partial charge in [-0.3, -0.25) is 4.79 Å². The van der Waals surface area contributed by atoms with Crippen molar-refractivity contribution in [1.29, 1.82) is 0 Å². The van der Waals surface area contributed by atoms with Crippen LogP contribution < -0.4 is 5.73 Å². The monoisotopic (exact) mass is 370 g/mol. The second-order valence-corrected chi connectivity index (χ2v) is 7.81. The average molecular weight is 371 g/mol. The van der Waals surface area contributed by atoms with Crippen molar-refractivity contribution in [2.75, 3.05) is 13.1 Å². The highest BCUT2D eigenvalue weighted by Crippen LogP contribution is 2.41. The maximum atomic E-state index is 12.9. The van der Waals surface area contributed by atoms with Gasteiger partial charge in [-0.05, 0) is 49.8 Å². The van der Waals surface area contributed by atoms with Crippen LogP contribution in [0.25, 0.3) is 0 Å². The van der Waals surface area contributed by atoms with E-state index in [-0.39, 0.29) is 17.4 Å². The molecule has 2 aromatic rings. The number of hydrogen-bond acceptors (Lipinski definition) is 4. The molecular weight excluding hydrogens is 348 g/mol. The largest absolute Gasteiger partial charge is 0.334 e. The van der Waals surface area contributed by atoms with Crippen molar-refractivity contribution < 1.29 is 4.79 Å². The molecule has 0 atom stereocenters. The van der Waals surface area contributed by atoms with Gasteiger partial charge in [-0.25, -0.2) is 9.97 Å². The predicted octanol–water partition coefficient (Wildman–Crippen LogP) is 2.97. The summed E-state index contributed by atoms with van der Waals surface area (Å²) < 4.78 is 0. The van der Waals surface area contributed by atoms with Gasteiger partial charge in [0.15, 0.2) is 0 Å². The summed E-state index contributed by atoms with van der Waals surface area (Å²) >= 11 is 6.19. The SMILES string of the molecule is NC[C@]1(c2cccc(Cl)c2)CC[C@H](N2CCc3cncnc3C2=O)CC1. The Bertz CT molecular complexity index is 817. The van der Waals surface area contributed by atoms with Gasteiger partial charge in [0.1, 0.15) is 12.0 Å². The molecule has 1 amide bonds. The number of carbonyl (C=O) groups excluding carboxylic acids is 1. The number of rotatable bonds is 3. The van der Waals surface area contributed by atoms with Crippen LogP contribution in [0.15, 0.2) is 36.8 Å². The molecule has 0 radical (unpaired) electrons. The van der Waals surface area contributed by atoms with Crippen LogP contribution in [-0.4, -0.2) is 39.9 Å². The van der Waals surface area contributed by atoms with Crippen molar-refractivity contribution >= 4 is 17.5 Å². The van der Waals surface area contributed by atoms with Crippen LogP contribution in [0.1, 0.15) is 47.3 Å². The first-order valence-corrected chi connectivity index (χ1v) is 9.57. The maximum absolute atomic E-state index is 12.9. The third-order valence-corrected chi connectivity index (χ3v) is 6.29. The van der Waals surface area contributed by atoms with E-state index in [4.69, 9.17) is 17.3 Å². The normalized spacial score (nSPS) is 25.8. The lowest BCUT2D eigenvalue weighted by Gasteiger charge is -2.44. The Kier molecular flexibility index (Phi) is 4.67. The van der Waals surface area contributed by atoms with Gasteiger partial charge in [-0.15, -0.1) is 0 Å². The minimum atomic E-state index is -0.0414. The molecule has 6 heteroatoms. The van der Waals surface area contributed by atoms with Crippen LogP contribution in [0.4, 0.5) is 0 Å². The summed E-state index contributed by atoms with van der Waals surface area (Å²) in [6.07, 6.45) is 7.89. The minimum Gasteiger partial charge on any atom is -0.334 e.